The molecule has 0 radical (unpaired) electrons. The number of hydrogen-bond acceptors (Lipinski definition) is 5. The third-order valence-electron chi connectivity index (χ3n) is 5.72. The average molecular weight is 447 g/mol. The number of nitrogens with zero attached hydrogens (tertiary/aromatic N) is 4. The van der Waals surface area contributed by atoms with Crippen LogP contribution < -0.4 is 0 Å². The van der Waals surface area contributed by atoms with E-state index in [1.807, 2.05) is 30.5 Å². The van der Waals surface area contributed by atoms with Crippen molar-refractivity contribution in [1.82, 2.24) is 20.0 Å². The Labute approximate surface area is 199 Å². The van der Waals surface area contributed by atoms with Gasteiger partial charge in [-0.1, -0.05) is 90.1 Å². The molecule has 3 aromatic carbocycles. The number of rotatable bonds is 8. The molecule has 0 fully saturated rings. The van der Waals surface area contributed by atoms with E-state index >= 15 is 0 Å². The van der Waals surface area contributed by atoms with Crippen molar-refractivity contribution < 1.29 is 4.52 Å². The minimum atomic E-state index is 0.569. The Morgan fingerprint density at radius 2 is 1.26 bits per heavy atom. The number of hydrogen-bond donors (Lipinski definition) is 0. The zero-order chi connectivity index (χ0) is 23.2. The summed E-state index contributed by atoms with van der Waals surface area (Å²) in [5.41, 5.74) is 6.93. The van der Waals surface area contributed by atoms with Crippen molar-refractivity contribution in [2.24, 2.45) is 0 Å². The van der Waals surface area contributed by atoms with Gasteiger partial charge in [0.05, 0.1) is 5.69 Å². The van der Waals surface area contributed by atoms with E-state index in [1.54, 1.807) is 6.92 Å². The van der Waals surface area contributed by atoms with Crippen LogP contribution >= 0.6 is 0 Å². The van der Waals surface area contributed by atoms with Crippen LogP contribution in [0.5, 0.6) is 0 Å². The van der Waals surface area contributed by atoms with Crippen LogP contribution in [-0.4, -0.2) is 20.0 Å². The maximum atomic E-state index is 5.08. The van der Waals surface area contributed by atoms with Gasteiger partial charge in [0, 0.05) is 38.3 Å². The highest BCUT2D eigenvalue weighted by atomic mass is 16.5. The standard InChI is InChI=1S/C29H26N4O/c1-22-31-29(32-34-22)27-16-14-26(15-17-27)25-12-10-24(11-13-25)20-33(19-23-7-3-2-4-8-23)21-28-9-5-6-18-30-28/h2-18H,19-21H2,1H3. The van der Waals surface area contributed by atoms with Crippen molar-refractivity contribution in [1.29, 1.82) is 0 Å². The van der Waals surface area contributed by atoms with E-state index in [9.17, 15) is 0 Å². The number of pyridine rings is 1. The van der Waals surface area contributed by atoms with Gasteiger partial charge in [-0.15, -0.1) is 0 Å². The largest absolute Gasteiger partial charge is 0.339 e. The van der Waals surface area contributed by atoms with Gasteiger partial charge in [-0.3, -0.25) is 9.88 Å². The van der Waals surface area contributed by atoms with Crippen LogP contribution in [0.4, 0.5) is 0 Å². The van der Waals surface area contributed by atoms with Crippen LogP contribution in [0.1, 0.15) is 22.7 Å². The lowest BCUT2D eigenvalue weighted by molar-refractivity contribution is 0.244. The molecule has 2 aromatic heterocycles. The molecule has 0 aliphatic carbocycles. The van der Waals surface area contributed by atoms with E-state index in [1.165, 1.54) is 16.7 Å². The molecule has 0 atom stereocenters. The van der Waals surface area contributed by atoms with Crippen LogP contribution in [0.15, 0.2) is 108 Å². The summed E-state index contributed by atoms with van der Waals surface area (Å²) in [4.78, 5) is 11.2. The highest BCUT2D eigenvalue weighted by molar-refractivity contribution is 5.67. The third-order valence-corrected chi connectivity index (χ3v) is 5.72. The Hall–Kier alpha value is -4.09. The van der Waals surface area contributed by atoms with Gasteiger partial charge in [0.1, 0.15) is 0 Å². The van der Waals surface area contributed by atoms with Gasteiger partial charge >= 0.3 is 0 Å². The van der Waals surface area contributed by atoms with Gasteiger partial charge in [0.2, 0.25) is 11.7 Å². The number of aryl methyl sites for hydroxylation is 1. The number of benzene rings is 3. The molecule has 0 saturated heterocycles. The molecule has 0 bridgehead atoms. The molecular formula is C29H26N4O. The normalized spacial score (nSPS) is 11.1. The second-order valence-electron chi connectivity index (χ2n) is 8.36. The van der Waals surface area contributed by atoms with Crippen LogP contribution in [0, 0.1) is 6.92 Å². The second kappa shape index (κ2) is 10.2. The summed E-state index contributed by atoms with van der Waals surface area (Å²) in [6.07, 6.45) is 1.86. The van der Waals surface area contributed by atoms with Gasteiger partial charge in [0.15, 0.2) is 0 Å². The maximum Gasteiger partial charge on any atom is 0.223 e. The van der Waals surface area contributed by atoms with E-state index in [2.05, 4.69) is 92.8 Å². The molecule has 0 spiro atoms. The molecule has 0 aliphatic heterocycles. The molecule has 2 heterocycles. The zero-order valence-corrected chi connectivity index (χ0v) is 19.1. The molecule has 0 saturated carbocycles. The lowest BCUT2D eigenvalue weighted by atomic mass is 10.0. The Morgan fingerprint density at radius 3 is 1.88 bits per heavy atom. The Morgan fingerprint density at radius 1 is 0.647 bits per heavy atom. The molecule has 0 amide bonds. The lowest BCUT2D eigenvalue weighted by Crippen LogP contribution is -2.22. The van der Waals surface area contributed by atoms with Crippen LogP contribution in [0.3, 0.4) is 0 Å². The smallest absolute Gasteiger partial charge is 0.223 e. The van der Waals surface area contributed by atoms with E-state index in [4.69, 9.17) is 4.52 Å². The maximum absolute atomic E-state index is 5.08. The fourth-order valence-electron chi connectivity index (χ4n) is 4.02. The second-order valence-corrected chi connectivity index (χ2v) is 8.36. The molecule has 5 nitrogen and oxygen atoms in total. The van der Waals surface area contributed by atoms with Crippen LogP contribution in [-0.2, 0) is 19.6 Å². The van der Waals surface area contributed by atoms with Gasteiger partial charge in [-0.25, -0.2) is 0 Å². The van der Waals surface area contributed by atoms with E-state index < -0.39 is 0 Å². The molecule has 168 valence electrons. The van der Waals surface area contributed by atoms with Crippen molar-refractivity contribution in [2.75, 3.05) is 0 Å². The minimum Gasteiger partial charge on any atom is -0.339 e. The fourth-order valence-corrected chi connectivity index (χ4v) is 4.02. The van der Waals surface area contributed by atoms with Crippen molar-refractivity contribution in [3.05, 3.63) is 126 Å². The summed E-state index contributed by atoms with van der Waals surface area (Å²) in [5.74, 6) is 1.19. The average Bonchev–Trinajstić information content (AvgIpc) is 3.32. The molecule has 34 heavy (non-hydrogen) atoms. The highest BCUT2D eigenvalue weighted by Crippen LogP contribution is 2.24. The topological polar surface area (TPSA) is 55.1 Å². The first-order valence-corrected chi connectivity index (χ1v) is 11.4. The molecule has 0 unspecified atom stereocenters. The van der Waals surface area contributed by atoms with Crippen LogP contribution in [0.2, 0.25) is 0 Å². The van der Waals surface area contributed by atoms with Gasteiger partial charge < -0.3 is 4.52 Å². The van der Waals surface area contributed by atoms with Gasteiger partial charge in [-0.2, -0.15) is 4.98 Å². The van der Waals surface area contributed by atoms with Crippen molar-refractivity contribution in [3.63, 3.8) is 0 Å². The summed E-state index contributed by atoms with van der Waals surface area (Å²) in [7, 11) is 0. The summed E-state index contributed by atoms with van der Waals surface area (Å²) < 4.78 is 5.08. The Kier molecular flexibility index (Phi) is 6.54. The minimum absolute atomic E-state index is 0.569. The van der Waals surface area contributed by atoms with Crippen LogP contribution in [0.25, 0.3) is 22.5 Å². The van der Waals surface area contributed by atoms with Gasteiger partial charge in [-0.05, 0) is 34.4 Å². The monoisotopic (exact) mass is 446 g/mol. The molecule has 0 aliphatic rings. The summed E-state index contributed by atoms with van der Waals surface area (Å²) in [6.45, 7) is 4.32. The van der Waals surface area contributed by atoms with E-state index in [0.29, 0.717) is 11.7 Å². The van der Waals surface area contributed by atoms with E-state index in [0.717, 1.165) is 36.5 Å². The Balaban J connectivity index is 1.30. The van der Waals surface area contributed by atoms with Gasteiger partial charge in [0.25, 0.3) is 0 Å². The first-order chi connectivity index (χ1) is 16.7. The summed E-state index contributed by atoms with van der Waals surface area (Å²) in [6, 6.07) is 33.7. The first-order valence-electron chi connectivity index (χ1n) is 11.4. The quantitative estimate of drug-likeness (QED) is 0.280. The predicted octanol–water partition coefficient (Wildman–Crippen LogP) is 6.31. The SMILES string of the molecule is Cc1nc(-c2ccc(-c3ccc(CN(Cc4ccccc4)Cc4ccccn4)cc3)cc2)no1. The zero-order valence-electron chi connectivity index (χ0n) is 19.1. The van der Waals surface area contributed by atoms with Crippen molar-refractivity contribution >= 4 is 0 Å². The molecule has 5 rings (SSSR count). The lowest BCUT2D eigenvalue weighted by Gasteiger charge is -2.22. The Bertz CT molecular complexity index is 1270. The first kappa shape index (κ1) is 21.7. The number of aromatic nitrogens is 3. The fraction of sp³-hybridized carbons (Fsp3) is 0.138. The predicted molar refractivity (Wildman–Crippen MR) is 134 cm³/mol. The van der Waals surface area contributed by atoms with Crippen molar-refractivity contribution in [3.8, 4) is 22.5 Å². The molecule has 0 N–H and O–H groups in total. The third kappa shape index (κ3) is 5.45. The molecule has 5 heteroatoms. The van der Waals surface area contributed by atoms with Crippen molar-refractivity contribution in [2.45, 2.75) is 26.6 Å². The van der Waals surface area contributed by atoms with E-state index in [-0.39, 0.29) is 0 Å². The summed E-state index contributed by atoms with van der Waals surface area (Å²) in [5, 5.41) is 3.99. The molecular weight excluding hydrogens is 420 g/mol. The summed E-state index contributed by atoms with van der Waals surface area (Å²) >= 11 is 0. The molecule has 5 aromatic rings. The highest BCUT2D eigenvalue weighted by Gasteiger charge is 2.10.